The van der Waals surface area contributed by atoms with E-state index in [0.717, 1.165) is 25.4 Å². The number of hydrogen-bond donors (Lipinski definition) is 0. The molecule has 0 aliphatic heterocycles. The standard InChI is InChI=1S/C11H15IO2/c1-9-4-5-10(12)8-11(9)14-7-3-6-13-2/h4-5,8H,3,6-7H2,1-2H3. The fourth-order valence-corrected chi connectivity index (χ4v) is 1.58. The lowest BCUT2D eigenvalue weighted by Gasteiger charge is -2.08. The molecule has 0 heterocycles. The van der Waals surface area contributed by atoms with Gasteiger partial charge in [0, 0.05) is 23.7 Å². The molecule has 3 heteroatoms. The molecular weight excluding hydrogens is 291 g/mol. The van der Waals surface area contributed by atoms with Crippen LogP contribution in [-0.2, 0) is 4.74 Å². The molecule has 0 fully saturated rings. The largest absolute Gasteiger partial charge is 0.493 e. The lowest BCUT2D eigenvalue weighted by Crippen LogP contribution is -2.02. The number of benzene rings is 1. The first-order valence-electron chi connectivity index (χ1n) is 4.62. The Morgan fingerprint density at radius 2 is 2.07 bits per heavy atom. The van der Waals surface area contributed by atoms with E-state index in [2.05, 4.69) is 47.7 Å². The van der Waals surface area contributed by atoms with E-state index in [0.29, 0.717) is 0 Å². The summed E-state index contributed by atoms with van der Waals surface area (Å²) in [5.74, 6) is 0.980. The average molecular weight is 306 g/mol. The zero-order valence-corrected chi connectivity index (χ0v) is 10.7. The van der Waals surface area contributed by atoms with Gasteiger partial charge in [0.15, 0.2) is 0 Å². The minimum Gasteiger partial charge on any atom is -0.493 e. The van der Waals surface area contributed by atoms with Crippen molar-refractivity contribution in [3.63, 3.8) is 0 Å². The lowest BCUT2D eigenvalue weighted by molar-refractivity contribution is 0.172. The highest BCUT2D eigenvalue weighted by Gasteiger charge is 1.99. The zero-order chi connectivity index (χ0) is 10.4. The van der Waals surface area contributed by atoms with Gasteiger partial charge in [0.2, 0.25) is 0 Å². The first kappa shape index (κ1) is 11.8. The summed E-state index contributed by atoms with van der Waals surface area (Å²) < 4.78 is 11.8. The fourth-order valence-electron chi connectivity index (χ4n) is 1.11. The van der Waals surface area contributed by atoms with E-state index in [1.54, 1.807) is 7.11 Å². The molecule has 1 aromatic rings. The number of rotatable bonds is 5. The molecule has 0 saturated heterocycles. The van der Waals surface area contributed by atoms with Crippen LogP contribution in [0.4, 0.5) is 0 Å². The molecule has 1 rings (SSSR count). The third-order valence-electron chi connectivity index (χ3n) is 1.90. The second kappa shape index (κ2) is 6.24. The van der Waals surface area contributed by atoms with Crippen LogP contribution >= 0.6 is 22.6 Å². The summed E-state index contributed by atoms with van der Waals surface area (Å²) in [5.41, 5.74) is 1.18. The van der Waals surface area contributed by atoms with E-state index in [4.69, 9.17) is 9.47 Å². The quantitative estimate of drug-likeness (QED) is 0.615. The molecule has 1 aromatic carbocycles. The molecule has 0 saturated carbocycles. The van der Waals surface area contributed by atoms with Crippen molar-refractivity contribution in [2.75, 3.05) is 20.3 Å². The number of halogens is 1. The zero-order valence-electron chi connectivity index (χ0n) is 8.55. The van der Waals surface area contributed by atoms with Crippen molar-refractivity contribution in [3.05, 3.63) is 27.3 Å². The van der Waals surface area contributed by atoms with E-state index in [1.165, 1.54) is 9.13 Å². The van der Waals surface area contributed by atoms with Crippen LogP contribution in [0, 0.1) is 10.5 Å². The maximum atomic E-state index is 5.63. The van der Waals surface area contributed by atoms with Gasteiger partial charge in [0.05, 0.1) is 6.61 Å². The van der Waals surface area contributed by atoms with Crippen LogP contribution in [0.3, 0.4) is 0 Å². The molecule has 0 radical (unpaired) electrons. The molecule has 78 valence electrons. The molecule has 0 bridgehead atoms. The van der Waals surface area contributed by atoms with E-state index < -0.39 is 0 Å². The fraction of sp³-hybridized carbons (Fsp3) is 0.455. The summed E-state index contributed by atoms with van der Waals surface area (Å²) in [6, 6.07) is 6.22. The SMILES string of the molecule is COCCCOc1cc(I)ccc1C. The predicted octanol–water partition coefficient (Wildman–Crippen LogP) is 3.01. The van der Waals surface area contributed by atoms with Crippen LogP contribution in [0.1, 0.15) is 12.0 Å². The average Bonchev–Trinajstić information content (AvgIpc) is 2.18. The van der Waals surface area contributed by atoms with Gasteiger partial charge in [-0.05, 0) is 47.2 Å². The van der Waals surface area contributed by atoms with Crippen molar-refractivity contribution in [1.82, 2.24) is 0 Å². The van der Waals surface area contributed by atoms with Crippen LogP contribution < -0.4 is 4.74 Å². The lowest BCUT2D eigenvalue weighted by atomic mass is 10.2. The molecule has 0 spiro atoms. The van der Waals surface area contributed by atoms with Crippen molar-refractivity contribution in [2.24, 2.45) is 0 Å². The third kappa shape index (κ3) is 3.84. The van der Waals surface area contributed by atoms with E-state index in [9.17, 15) is 0 Å². The third-order valence-corrected chi connectivity index (χ3v) is 2.57. The van der Waals surface area contributed by atoms with Crippen molar-refractivity contribution >= 4 is 22.6 Å². The van der Waals surface area contributed by atoms with Gasteiger partial charge in [-0.15, -0.1) is 0 Å². The Balaban J connectivity index is 2.45. The monoisotopic (exact) mass is 306 g/mol. The second-order valence-electron chi connectivity index (χ2n) is 3.10. The Morgan fingerprint density at radius 3 is 2.79 bits per heavy atom. The summed E-state index contributed by atoms with van der Waals surface area (Å²) in [6.07, 6.45) is 0.932. The Hall–Kier alpha value is -0.290. The topological polar surface area (TPSA) is 18.5 Å². The van der Waals surface area contributed by atoms with Crippen LogP contribution in [0.25, 0.3) is 0 Å². The highest BCUT2D eigenvalue weighted by molar-refractivity contribution is 14.1. The molecular formula is C11H15IO2. The molecule has 0 aromatic heterocycles. The predicted molar refractivity (Wildman–Crippen MR) is 65.9 cm³/mol. The van der Waals surface area contributed by atoms with E-state index in [-0.39, 0.29) is 0 Å². The minimum absolute atomic E-state index is 0.717. The van der Waals surface area contributed by atoms with Crippen molar-refractivity contribution < 1.29 is 9.47 Å². The van der Waals surface area contributed by atoms with Crippen molar-refractivity contribution in [1.29, 1.82) is 0 Å². The molecule has 0 atom stereocenters. The molecule has 0 N–H and O–H groups in total. The number of methoxy groups -OCH3 is 1. The van der Waals surface area contributed by atoms with Crippen molar-refractivity contribution in [3.8, 4) is 5.75 Å². The van der Waals surface area contributed by atoms with E-state index >= 15 is 0 Å². The molecule has 0 unspecified atom stereocenters. The highest BCUT2D eigenvalue weighted by atomic mass is 127. The molecule has 0 aliphatic carbocycles. The van der Waals surface area contributed by atoms with Gasteiger partial charge in [-0.3, -0.25) is 0 Å². The smallest absolute Gasteiger partial charge is 0.123 e. The normalized spacial score (nSPS) is 10.2. The highest BCUT2D eigenvalue weighted by Crippen LogP contribution is 2.20. The Kier molecular flexibility index (Phi) is 5.25. The first-order chi connectivity index (χ1) is 6.74. The van der Waals surface area contributed by atoms with Gasteiger partial charge >= 0.3 is 0 Å². The molecule has 0 amide bonds. The van der Waals surface area contributed by atoms with Gasteiger partial charge in [-0.25, -0.2) is 0 Å². The van der Waals surface area contributed by atoms with Crippen molar-refractivity contribution in [2.45, 2.75) is 13.3 Å². The number of ether oxygens (including phenoxy) is 2. The summed E-state index contributed by atoms with van der Waals surface area (Å²) in [4.78, 5) is 0. The minimum atomic E-state index is 0.717. The second-order valence-corrected chi connectivity index (χ2v) is 4.35. The van der Waals surface area contributed by atoms with Crippen LogP contribution in [0.2, 0.25) is 0 Å². The number of hydrogen-bond acceptors (Lipinski definition) is 2. The van der Waals surface area contributed by atoms with Crippen LogP contribution in [0.15, 0.2) is 18.2 Å². The van der Waals surface area contributed by atoms with Crippen LogP contribution in [0.5, 0.6) is 5.75 Å². The van der Waals surface area contributed by atoms with Gasteiger partial charge in [-0.1, -0.05) is 6.07 Å². The number of aryl methyl sites for hydroxylation is 1. The maximum Gasteiger partial charge on any atom is 0.123 e. The Morgan fingerprint density at radius 1 is 1.29 bits per heavy atom. The summed E-state index contributed by atoms with van der Waals surface area (Å²) in [6.45, 7) is 3.53. The van der Waals surface area contributed by atoms with Gasteiger partial charge < -0.3 is 9.47 Å². The molecule has 2 nitrogen and oxygen atoms in total. The summed E-state index contributed by atoms with van der Waals surface area (Å²) in [5, 5.41) is 0. The molecule has 0 aliphatic rings. The first-order valence-corrected chi connectivity index (χ1v) is 5.70. The van der Waals surface area contributed by atoms with Gasteiger partial charge in [-0.2, -0.15) is 0 Å². The van der Waals surface area contributed by atoms with Gasteiger partial charge in [0.25, 0.3) is 0 Å². The Labute approximate surface area is 98.7 Å². The van der Waals surface area contributed by atoms with Gasteiger partial charge in [0.1, 0.15) is 5.75 Å². The summed E-state index contributed by atoms with van der Waals surface area (Å²) >= 11 is 2.29. The van der Waals surface area contributed by atoms with Crippen LogP contribution in [-0.4, -0.2) is 20.3 Å². The Bertz CT molecular complexity index is 287. The summed E-state index contributed by atoms with van der Waals surface area (Å²) in [7, 11) is 1.71. The molecule has 14 heavy (non-hydrogen) atoms. The maximum absolute atomic E-state index is 5.63. The van der Waals surface area contributed by atoms with E-state index in [1.807, 2.05) is 0 Å².